The van der Waals surface area contributed by atoms with E-state index < -0.39 is 15.3 Å². The molecule has 54 valence electrons. The van der Waals surface area contributed by atoms with Crippen LogP contribution in [-0.4, -0.2) is 25.7 Å². The topological polar surface area (TPSA) is 43.4 Å². The molecule has 0 aromatic rings. The third-order valence-corrected chi connectivity index (χ3v) is 3.45. The van der Waals surface area contributed by atoms with Gasteiger partial charge >= 0.3 is 0 Å². The van der Waals surface area contributed by atoms with Crippen LogP contribution in [0, 0.1) is 0 Å². The Labute approximate surface area is 54.9 Å². The Balaban J connectivity index is 2.83. The summed E-state index contributed by atoms with van der Waals surface area (Å²) in [6.07, 6.45) is -0.120. The van der Waals surface area contributed by atoms with E-state index in [9.17, 15) is 8.42 Å². The highest BCUT2D eigenvalue weighted by Gasteiger charge is 2.33. The molecule has 0 aromatic carbocycles. The molecule has 1 rings (SSSR count). The van der Waals surface area contributed by atoms with E-state index >= 15 is 0 Å². The predicted octanol–water partition coefficient (Wildman–Crippen LogP) is 0.166. The van der Waals surface area contributed by atoms with Crippen molar-refractivity contribution in [3.8, 4) is 0 Å². The van der Waals surface area contributed by atoms with E-state index in [0.29, 0.717) is 0 Å². The monoisotopic (exact) mass is 150 g/mol. The molecule has 1 saturated heterocycles. The second kappa shape index (κ2) is 1.95. The van der Waals surface area contributed by atoms with Gasteiger partial charge in [0.25, 0.3) is 0 Å². The van der Waals surface area contributed by atoms with Gasteiger partial charge in [0, 0.05) is 0 Å². The lowest BCUT2D eigenvalue weighted by molar-refractivity contribution is 0.0867. The maximum atomic E-state index is 10.8. The lowest BCUT2D eigenvalue weighted by Gasteiger charge is -1.99. The summed E-state index contributed by atoms with van der Waals surface area (Å²) in [4.78, 5) is 0. The van der Waals surface area contributed by atoms with Gasteiger partial charge in [-0.1, -0.05) is 0 Å². The van der Waals surface area contributed by atoms with Crippen molar-refractivity contribution in [2.24, 2.45) is 0 Å². The standard InChI is InChI=1S/C5H10O3S/c1-4-3-9(6,7)5(2)8-4/h4-5H,3H2,1-2H3. The fourth-order valence-electron chi connectivity index (χ4n) is 0.914. The van der Waals surface area contributed by atoms with Crippen molar-refractivity contribution in [1.82, 2.24) is 0 Å². The van der Waals surface area contributed by atoms with Gasteiger partial charge in [0.2, 0.25) is 0 Å². The first-order valence-electron chi connectivity index (χ1n) is 2.89. The molecule has 2 atom stereocenters. The number of hydrogen-bond donors (Lipinski definition) is 0. The highest BCUT2D eigenvalue weighted by atomic mass is 32.2. The van der Waals surface area contributed by atoms with Gasteiger partial charge in [0.05, 0.1) is 11.9 Å². The Morgan fingerprint density at radius 2 is 2.00 bits per heavy atom. The fourth-order valence-corrected chi connectivity index (χ4v) is 2.28. The fraction of sp³-hybridized carbons (Fsp3) is 1.00. The number of ether oxygens (including phenoxy) is 1. The van der Waals surface area contributed by atoms with E-state index in [0.717, 1.165) is 0 Å². The minimum atomic E-state index is -2.90. The zero-order valence-electron chi connectivity index (χ0n) is 5.49. The Bertz CT molecular complexity index is 194. The minimum Gasteiger partial charge on any atom is -0.359 e. The van der Waals surface area contributed by atoms with Crippen LogP contribution in [0.4, 0.5) is 0 Å². The number of rotatable bonds is 0. The molecule has 4 heteroatoms. The molecule has 1 fully saturated rings. The third-order valence-electron chi connectivity index (χ3n) is 1.40. The molecule has 0 aliphatic carbocycles. The first kappa shape index (κ1) is 7.02. The summed E-state index contributed by atoms with van der Waals surface area (Å²) in [7, 11) is -2.90. The van der Waals surface area contributed by atoms with Crippen LogP contribution in [-0.2, 0) is 14.6 Å². The van der Waals surface area contributed by atoms with Crippen LogP contribution in [0.15, 0.2) is 0 Å². The van der Waals surface area contributed by atoms with Crippen LogP contribution in [0.2, 0.25) is 0 Å². The molecule has 0 N–H and O–H groups in total. The van der Waals surface area contributed by atoms with Crippen molar-refractivity contribution in [3.05, 3.63) is 0 Å². The highest BCUT2D eigenvalue weighted by Crippen LogP contribution is 2.17. The minimum absolute atomic E-state index is 0.120. The van der Waals surface area contributed by atoms with Gasteiger partial charge in [-0.3, -0.25) is 0 Å². The van der Waals surface area contributed by atoms with Crippen LogP contribution >= 0.6 is 0 Å². The largest absolute Gasteiger partial charge is 0.359 e. The molecule has 2 unspecified atom stereocenters. The summed E-state index contributed by atoms with van der Waals surface area (Å²) < 4.78 is 26.7. The SMILES string of the molecule is CC1CS(=O)(=O)C(C)O1. The van der Waals surface area contributed by atoms with Gasteiger partial charge in [-0.25, -0.2) is 8.42 Å². The molecule has 0 amide bonds. The predicted molar refractivity (Wildman–Crippen MR) is 33.8 cm³/mol. The van der Waals surface area contributed by atoms with Crippen LogP contribution in [0.3, 0.4) is 0 Å². The van der Waals surface area contributed by atoms with Gasteiger partial charge in [-0.2, -0.15) is 0 Å². The molecule has 1 aliphatic heterocycles. The Morgan fingerprint density at radius 1 is 1.44 bits per heavy atom. The molecule has 3 nitrogen and oxygen atoms in total. The summed E-state index contributed by atoms with van der Waals surface area (Å²) in [5.74, 6) is 0.175. The maximum Gasteiger partial charge on any atom is 0.179 e. The molecular weight excluding hydrogens is 140 g/mol. The van der Waals surface area contributed by atoms with Crippen LogP contribution in [0.5, 0.6) is 0 Å². The molecule has 0 bridgehead atoms. The van der Waals surface area contributed by atoms with Gasteiger partial charge in [0.1, 0.15) is 0 Å². The Hall–Kier alpha value is -0.0900. The maximum absolute atomic E-state index is 10.8. The first-order valence-corrected chi connectivity index (χ1v) is 4.61. The smallest absolute Gasteiger partial charge is 0.179 e. The van der Waals surface area contributed by atoms with Crippen molar-refractivity contribution in [2.75, 3.05) is 5.75 Å². The quantitative estimate of drug-likeness (QED) is 0.494. The van der Waals surface area contributed by atoms with Crippen molar-refractivity contribution >= 4 is 9.84 Å². The zero-order valence-corrected chi connectivity index (χ0v) is 6.31. The van der Waals surface area contributed by atoms with Gasteiger partial charge < -0.3 is 4.74 Å². The lowest BCUT2D eigenvalue weighted by atomic mass is 10.5. The number of hydrogen-bond acceptors (Lipinski definition) is 3. The highest BCUT2D eigenvalue weighted by molar-refractivity contribution is 7.92. The van der Waals surface area contributed by atoms with Crippen LogP contribution in [0.25, 0.3) is 0 Å². The summed E-state index contributed by atoms with van der Waals surface area (Å²) >= 11 is 0. The third kappa shape index (κ3) is 1.24. The molecule has 1 aliphatic rings. The summed E-state index contributed by atoms with van der Waals surface area (Å²) in [5, 5.41) is 0. The lowest BCUT2D eigenvalue weighted by Crippen LogP contribution is -2.11. The Kier molecular flexibility index (Phi) is 1.52. The average Bonchev–Trinajstić information content (AvgIpc) is 1.79. The molecular formula is C5H10O3S. The van der Waals surface area contributed by atoms with Gasteiger partial charge in [-0.15, -0.1) is 0 Å². The second-order valence-electron chi connectivity index (χ2n) is 2.34. The van der Waals surface area contributed by atoms with Crippen molar-refractivity contribution < 1.29 is 13.2 Å². The van der Waals surface area contributed by atoms with Crippen molar-refractivity contribution in [1.29, 1.82) is 0 Å². The normalized spacial score (nSPS) is 41.1. The molecule has 0 saturated carbocycles. The van der Waals surface area contributed by atoms with Gasteiger partial charge in [-0.05, 0) is 13.8 Å². The average molecular weight is 150 g/mol. The van der Waals surface area contributed by atoms with E-state index in [2.05, 4.69) is 0 Å². The van der Waals surface area contributed by atoms with Crippen LogP contribution in [0.1, 0.15) is 13.8 Å². The van der Waals surface area contributed by atoms with Gasteiger partial charge in [0.15, 0.2) is 15.3 Å². The van der Waals surface area contributed by atoms with E-state index in [1.54, 1.807) is 13.8 Å². The molecule has 1 heterocycles. The summed E-state index contributed by atoms with van der Waals surface area (Å²) in [5.41, 5.74) is -0.590. The van der Waals surface area contributed by atoms with E-state index in [1.807, 2.05) is 0 Å². The summed E-state index contributed by atoms with van der Waals surface area (Å²) in [6.45, 7) is 3.33. The first-order chi connectivity index (χ1) is 4.02. The molecule has 0 aromatic heterocycles. The Morgan fingerprint density at radius 3 is 2.11 bits per heavy atom. The van der Waals surface area contributed by atoms with E-state index in [4.69, 9.17) is 4.74 Å². The molecule has 9 heavy (non-hydrogen) atoms. The zero-order chi connectivity index (χ0) is 7.07. The van der Waals surface area contributed by atoms with Crippen molar-refractivity contribution in [3.63, 3.8) is 0 Å². The second-order valence-corrected chi connectivity index (χ2v) is 4.67. The van der Waals surface area contributed by atoms with Crippen LogP contribution < -0.4 is 0 Å². The number of sulfone groups is 1. The molecule has 0 spiro atoms. The van der Waals surface area contributed by atoms with E-state index in [1.165, 1.54) is 0 Å². The van der Waals surface area contributed by atoms with E-state index in [-0.39, 0.29) is 11.9 Å². The van der Waals surface area contributed by atoms with Crippen molar-refractivity contribution in [2.45, 2.75) is 25.4 Å². The molecule has 0 radical (unpaired) electrons. The summed E-state index contributed by atoms with van der Waals surface area (Å²) in [6, 6.07) is 0.